The molecule has 0 saturated carbocycles. The summed E-state index contributed by atoms with van der Waals surface area (Å²) < 4.78 is 14.4. The third kappa shape index (κ3) is 2.38. The van der Waals surface area contributed by atoms with Crippen molar-refractivity contribution in [2.75, 3.05) is 6.61 Å². The second kappa shape index (κ2) is 4.18. The second-order valence-corrected chi connectivity index (χ2v) is 2.36. The first-order valence-corrected chi connectivity index (χ1v) is 3.77. The molecule has 3 N–H and O–H groups in total. The molecule has 1 rings (SSSR count). The van der Waals surface area contributed by atoms with Gasteiger partial charge in [-0.3, -0.25) is 4.52 Å². The molecule has 1 aromatic rings. The minimum Gasteiger partial charge on any atom is -0.347 e. The van der Waals surface area contributed by atoms with Crippen LogP contribution in [0.2, 0.25) is 0 Å². The molecule has 1 heterocycles. The van der Waals surface area contributed by atoms with Gasteiger partial charge < -0.3 is 10.7 Å². The molecule has 0 aliphatic carbocycles. The lowest BCUT2D eigenvalue weighted by molar-refractivity contribution is 0.309. The Morgan fingerprint density at radius 2 is 2.73 bits per heavy atom. The SMILES string of the molecule is NC(COP=O)c1ncc[nH]1. The normalized spacial score (nSPS) is 13.5. The summed E-state index contributed by atoms with van der Waals surface area (Å²) in [5, 5.41) is 0. The van der Waals surface area contributed by atoms with Gasteiger partial charge in [0.1, 0.15) is 5.82 Å². The molecular weight excluding hydrogens is 165 g/mol. The number of nitrogens with zero attached hydrogens (tertiary/aromatic N) is 1. The quantitative estimate of drug-likeness (QED) is 0.654. The highest BCUT2D eigenvalue weighted by Gasteiger charge is 2.07. The van der Waals surface area contributed by atoms with Gasteiger partial charge in [0.15, 0.2) is 0 Å². The zero-order chi connectivity index (χ0) is 8.10. The van der Waals surface area contributed by atoms with Crippen molar-refractivity contribution in [2.24, 2.45) is 5.73 Å². The highest BCUT2D eigenvalue weighted by Crippen LogP contribution is 2.06. The first-order valence-electron chi connectivity index (χ1n) is 3.04. The van der Waals surface area contributed by atoms with E-state index in [1.54, 1.807) is 12.4 Å². The Bertz CT molecular complexity index is 214. The summed E-state index contributed by atoms with van der Waals surface area (Å²) >= 11 is 0. The van der Waals surface area contributed by atoms with Crippen LogP contribution in [0.25, 0.3) is 0 Å². The van der Waals surface area contributed by atoms with Crippen LogP contribution in [0.4, 0.5) is 0 Å². The summed E-state index contributed by atoms with van der Waals surface area (Å²) in [6.45, 7) is 0.193. The van der Waals surface area contributed by atoms with Crippen molar-refractivity contribution in [1.82, 2.24) is 9.97 Å². The monoisotopic (exact) mass is 173 g/mol. The molecule has 0 bridgehead atoms. The maximum atomic E-state index is 9.87. The predicted molar refractivity (Wildman–Crippen MR) is 39.1 cm³/mol. The Morgan fingerprint density at radius 1 is 1.91 bits per heavy atom. The average Bonchev–Trinajstić information content (AvgIpc) is 2.52. The van der Waals surface area contributed by atoms with Crippen LogP contribution in [0, 0.1) is 0 Å². The van der Waals surface area contributed by atoms with Crippen LogP contribution in [-0.4, -0.2) is 16.6 Å². The van der Waals surface area contributed by atoms with Gasteiger partial charge in [-0.1, -0.05) is 0 Å². The standard InChI is InChI=1S/C5H8N3O2P/c6-4(3-10-11-9)5-7-1-2-8-5/h1-2,4H,3,6H2,(H,7,8). The summed E-state index contributed by atoms with van der Waals surface area (Å²) in [5.74, 6) is 0.633. The van der Waals surface area contributed by atoms with Crippen molar-refractivity contribution >= 4 is 8.69 Å². The molecule has 6 heteroatoms. The number of nitrogens with two attached hydrogens (primary N) is 1. The fraction of sp³-hybridized carbons (Fsp3) is 0.400. The third-order valence-electron chi connectivity index (χ3n) is 1.18. The van der Waals surface area contributed by atoms with E-state index in [0.717, 1.165) is 0 Å². The van der Waals surface area contributed by atoms with Crippen LogP contribution in [0.15, 0.2) is 12.4 Å². The molecular formula is C5H8N3O2P. The average molecular weight is 173 g/mol. The van der Waals surface area contributed by atoms with E-state index in [4.69, 9.17) is 5.73 Å². The Labute approximate surface area is 65.3 Å². The summed E-state index contributed by atoms with van der Waals surface area (Å²) in [6, 6.07) is -0.341. The highest BCUT2D eigenvalue weighted by atomic mass is 31.1. The fourth-order valence-electron chi connectivity index (χ4n) is 0.670. The number of hydrogen-bond donors (Lipinski definition) is 2. The number of H-pyrrole nitrogens is 1. The lowest BCUT2D eigenvalue weighted by Gasteiger charge is -2.03. The molecule has 0 amide bonds. The van der Waals surface area contributed by atoms with Crippen LogP contribution in [0.3, 0.4) is 0 Å². The molecule has 1 aromatic heterocycles. The Kier molecular flexibility index (Phi) is 3.16. The second-order valence-electron chi connectivity index (χ2n) is 1.95. The molecule has 0 aliphatic rings. The van der Waals surface area contributed by atoms with Crippen molar-refractivity contribution in [2.45, 2.75) is 6.04 Å². The molecule has 0 saturated heterocycles. The first kappa shape index (κ1) is 8.33. The molecule has 0 aliphatic heterocycles. The molecule has 1 atom stereocenters. The van der Waals surface area contributed by atoms with Crippen molar-refractivity contribution in [3.8, 4) is 0 Å². The van der Waals surface area contributed by atoms with Crippen molar-refractivity contribution < 1.29 is 9.09 Å². The zero-order valence-corrected chi connectivity index (χ0v) is 6.62. The molecule has 0 spiro atoms. The van der Waals surface area contributed by atoms with Crippen molar-refractivity contribution in [1.29, 1.82) is 0 Å². The third-order valence-corrected chi connectivity index (χ3v) is 1.43. The molecule has 11 heavy (non-hydrogen) atoms. The smallest absolute Gasteiger partial charge is 0.327 e. The number of rotatable bonds is 4. The van der Waals surface area contributed by atoms with E-state index in [2.05, 4.69) is 14.5 Å². The maximum Gasteiger partial charge on any atom is 0.327 e. The maximum absolute atomic E-state index is 9.87. The number of imidazole rings is 1. The molecule has 0 aromatic carbocycles. The van der Waals surface area contributed by atoms with Crippen LogP contribution < -0.4 is 5.73 Å². The Balaban J connectivity index is 2.42. The van der Waals surface area contributed by atoms with Crippen molar-refractivity contribution in [3.63, 3.8) is 0 Å². The lowest BCUT2D eigenvalue weighted by atomic mass is 10.3. The van der Waals surface area contributed by atoms with E-state index in [-0.39, 0.29) is 21.3 Å². The van der Waals surface area contributed by atoms with E-state index in [0.29, 0.717) is 5.82 Å². The van der Waals surface area contributed by atoms with E-state index in [9.17, 15) is 4.57 Å². The number of aromatic amines is 1. The van der Waals surface area contributed by atoms with Gasteiger partial charge in [0.2, 0.25) is 0 Å². The van der Waals surface area contributed by atoms with E-state index < -0.39 is 0 Å². The van der Waals surface area contributed by atoms with Gasteiger partial charge in [0, 0.05) is 12.4 Å². The summed E-state index contributed by atoms with van der Waals surface area (Å²) in [7, 11) is -0.356. The van der Waals surface area contributed by atoms with Gasteiger partial charge in [-0.05, 0) is 0 Å². The minimum atomic E-state index is -0.356. The molecule has 60 valence electrons. The van der Waals surface area contributed by atoms with Crippen molar-refractivity contribution in [3.05, 3.63) is 18.2 Å². The molecule has 1 unspecified atom stereocenters. The number of nitrogens with one attached hydrogen (secondary N) is 1. The lowest BCUT2D eigenvalue weighted by Crippen LogP contribution is -2.16. The number of aromatic nitrogens is 2. The van der Waals surface area contributed by atoms with E-state index in [1.165, 1.54) is 0 Å². The highest BCUT2D eigenvalue weighted by molar-refractivity contribution is 7.17. The topological polar surface area (TPSA) is 81.0 Å². The zero-order valence-electron chi connectivity index (χ0n) is 5.73. The van der Waals surface area contributed by atoms with Crippen LogP contribution >= 0.6 is 8.69 Å². The van der Waals surface area contributed by atoms with Gasteiger partial charge >= 0.3 is 8.69 Å². The van der Waals surface area contributed by atoms with E-state index >= 15 is 0 Å². The van der Waals surface area contributed by atoms with Gasteiger partial charge in [0.05, 0.1) is 12.6 Å². The van der Waals surface area contributed by atoms with Gasteiger partial charge in [-0.15, -0.1) is 0 Å². The van der Waals surface area contributed by atoms with E-state index in [1.807, 2.05) is 0 Å². The molecule has 5 nitrogen and oxygen atoms in total. The number of hydrogen-bond acceptors (Lipinski definition) is 4. The first-order chi connectivity index (χ1) is 5.34. The Hall–Kier alpha value is -0.770. The van der Waals surface area contributed by atoms with Gasteiger partial charge in [-0.25, -0.2) is 9.55 Å². The van der Waals surface area contributed by atoms with Crippen LogP contribution in [-0.2, 0) is 9.09 Å². The largest absolute Gasteiger partial charge is 0.347 e. The van der Waals surface area contributed by atoms with Gasteiger partial charge in [0.25, 0.3) is 0 Å². The molecule has 0 radical (unpaired) electrons. The predicted octanol–water partition coefficient (Wildman–Crippen LogP) is 0.633. The van der Waals surface area contributed by atoms with Crippen LogP contribution in [0.1, 0.15) is 11.9 Å². The fourth-order valence-corrected chi connectivity index (χ4v) is 0.891. The summed E-state index contributed by atoms with van der Waals surface area (Å²) in [6.07, 6.45) is 3.27. The Morgan fingerprint density at radius 3 is 3.27 bits per heavy atom. The van der Waals surface area contributed by atoms with Gasteiger partial charge in [-0.2, -0.15) is 0 Å². The summed E-state index contributed by atoms with van der Waals surface area (Å²) in [4.78, 5) is 6.73. The van der Waals surface area contributed by atoms with Crippen LogP contribution in [0.5, 0.6) is 0 Å². The minimum absolute atomic E-state index is 0.193. The summed E-state index contributed by atoms with van der Waals surface area (Å²) in [5.41, 5.74) is 5.56. The molecule has 0 fully saturated rings.